The second-order valence-corrected chi connectivity index (χ2v) is 18.0. The Bertz CT molecular complexity index is 2000. The number of hydrogen-bond donors (Lipinski definition) is 2. The Kier molecular flexibility index (Phi) is 5.89. The van der Waals surface area contributed by atoms with Crippen LogP contribution in [0, 0.1) is 22.2 Å². The van der Waals surface area contributed by atoms with E-state index >= 15 is 0 Å². The van der Waals surface area contributed by atoms with E-state index in [2.05, 4.69) is 62.6 Å². The van der Waals surface area contributed by atoms with Gasteiger partial charge in [-0.25, -0.2) is 0 Å². The highest BCUT2D eigenvalue weighted by atomic mass is 16.5. The average Bonchev–Trinajstić information content (AvgIpc) is 3.98. The predicted molar refractivity (Wildman–Crippen MR) is 192 cm³/mol. The number of nitrogens with one attached hydrogen (secondary N) is 2. The molecule has 12 rings (SSSR count). The summed E-state index contributed by atoms with van der Waals surface area (Å²) in [6.07, 6.45) is 8.81. The van der Waals surface area contributed by atoms with Gasteiger partial charge in [-0.05, 0) is 87.1 Å². The second-order valence-electron chi connectivity index (χ2n) is 18.0. The van der Waals surface area contributed by atoms with Crippen LogP contribution in [0.1, 0.15) is 67.7 Å². The molecule has 8 heterocycles. The second kappa shape index (κ2) is 9.90. The molecular formula is C42H50N4O5. The third kappa shape index (κ3) is 3.27. The number of carbonyl (C=O) groups is 1. The normalized spacial score (nSPS) is 45.5. The number of ether oxygens (including phenoxy) is 4. The summed E-state index contributed by atoms with van der Waals surface area (Å²) in [5, 5.41) is 5.70. The predicted octanol–water partition coefficient (Wildman–Crippen LogP) is 5.24. The summed E-state index contributed by atoms with van der Waals surface area (Å²) in [4.78, 5) is 23.6. The van der Waals surface area contributed by atoms with Crippen molar-refractivity contribution in [1.29, 1.82) is 0 Å². The third-order valence-corrected chi connectivity index (χ3v) is 16.8. The molecule has 9 nitrogen and oxygen atoms in total. The van der Waals surface area contributed by atoms with E-state index < -0.39 is 0 Å². The molecular weight excluding hydrogens is 640 g/mol. The van der Waals surface area contributed by atoms with Crippen molar-refractivity contribution in [2.75, 3.05) is 65.5 Å². The number of aromatic nitrogens is 1. The van der Waals surface area contributed by atoms with Gasteiger partial charge in [-0.2, -0.15) is 0 Å². The highest BCUT2D eigenvalue weighted by Crippen LogP contribution is 2.82. The molecule has 4 spiro atoms. The van der Waals surface area contributed by atoms with E-state index in [1.54, 1.807) is 7.11 Å². The Hall–Kier alpha value is -3.11. The van der Waals surface area contributed by atoms with Crippen molar-refractivity contribution >= 4 is 22.6 Å². The Balaban J connectivity index is 1.08. The lowest BCUT2D eigenvalue weighted by atomic mass is 9.45. The van der Waals surface area contributed by atoms with Crippen LogP contribution in [0.3, 0.4) is 0 Å². The van der Waals surface area contributed by atoms with E-state index in [0.29, 0.717) is 18.1 Å². The van der Waals surface area contributed by atoms with Crippen molar-refractivity contribution in [3.63, 3.8) is 0 Å². The number of anilines is 1. The largest absolute Gasteiger partial charge is 0.495 e. The number of benzene rings is 2. The van der Waals surface area contributed by atoms with Gasteiger partial charge in [0.15, 0.2) is 0 Å². The number of para-hydroxylation sites is 2. The Morgan fingerprint density at radius 2 is 1.84 bits per heavy atom. The van der Waals surface area contributed by atoms with Gasteiger partial charge in [0.05, 0.1) is 43.6 Å². The standard InChI is InChI=1S/C42H50N4O5/c1-48-31-9-5-7-29-34(31)44-42-25-20-39-14-19-50-32(39)11-16-46(36(39)42)17-12-41(29,42)40(21-25)24-45-15-10-27-26-6-3-4-8-30(26)43-33(27)28(35(47)49-2)22-38(23-45)13-18-51-37(38)40/h3-9,25,28,32,36-37,43-44H,10-24H2,1-2H3/t25-,28+,32-,36-,37+,38+,39+,40+,41-,42-/m0/s1. The van der Waals surface area contributed by atoms with E-state index in [-0.39, 0.29) is 45.2 Å². The fourth-order valence-electron chi connectivity index (χ4n) is 15.7. The molecule has 7 fully saturated rings. The van der Waals surface area contributed by atoms with Crippen LogP contribution in [-0.4, -0.2) is 105 Å². The summed E-state index contributed by atoms with van der Waals surface area (Å²) in [5.74, 6) is 0.966. The fourth-order valence-corrected chi connectivity index (χ4v) is 15.7. The lowest BCUT2D eigenvalue weighted by molar-refractivity contribution is -0.176. The molecule has 2 N–H and O–H groups in total. The number of rotatable bonds is 2. The molecule has 2 bridgehead atoms. The molecule has 1 unspecified atom stereocenters. The summed E-state index contributed by atoms with van der Waals surface area (Å²) in [6, 6.07) is 15.9. The van der Waals surface area contributed by atoms with E-state index in [1.165, 1.54) is 28.6 Å². The van der Waals surface area contributed by atoms with Gasteiger partial charge < -0.3 is 34.1 Å². The Labute approximate surface area is 299 Å². The lowest BCUT2D eigenvalue weighted by Crippen LogP contribution is -2.77. The van der Waals surface area contributed by atoms with Crippen LogP contribution < -0.4 is 10.1 Å². The Morgan fingerprint density at radius 1 is 0.941 bits per heavy atom. The molecule has 0 radical (unpaired) electrons. The molecule has 5 saturated heterocycles. The maximum Gasteiger partial charge on any atom is 0.314 e. The first-order valence-corrected chi connectivity index (χ1v) is 19.8. The van der Waals surface area contributed by atoms with Gasteiger partial charge >= 0.3 is 5.97 Å². The molecule has 3 aromatic rings. The van der Waals surface area contributed by atoms with Gasteiger partial charge in [-0.15, -0.1) is 0 Å². The highest BCUT2D eigenvalue weighted by molar-refractivity contribution is 5.88. The minimum absolute atomic E-state index is 0.0440. The number of hydrogen-bond acceptors (Lipinski definition) is 8. The zero-order valence-electron chi connectivity index (χ0n) is 30.0. The number of H-pyrrole nitrogens is 1. The number of fused-ring (bicyclic) bond motifs is 6. The minimum atomic E-state index is -0.363. The third-order valence-electron chi connectivity index (χ3n) is 16.8. The van der Waals surface area contributed by atoms with Crippen LogP contribution in [-0.2, 0) is 30.8 Å². The van der Waals surface area contributed by atoms with Crippen LogP contribution >= 0.6 is 0 Å². The van der Waals surface area contributed by atoms with Crippen molar-refractivity contribution < 1.29 is 23.7 Å². The van der Waals surface area contributed by atoms with Gasteiger partial charge in [0.2, 0.25) is 0 Å². The first-order valence-electron chi connectivity index (χ1n) is 19.8. The minimum Gasteiger partial charge on any atom is -0.495 e. The summed E-state index contributed by atoms with van der Waals surface area (Å²) in [7, 11) is 3.40. The molecule has 0 amide bonds. The van der Waals surface area contributed by atoms with Crippen molar-refractivity contribution in [2.24, 2.45) is 22.2 Å². The number of aromatic amines is 1. The van der Waals surface area contributed by atoms with E-state index in [0.717, 1.165) is 108 Å². The smallest absolute Gasteiger partial charge is 0.314 e. The number of esters is 1. The van der Waals surface area contributed by atoms with Gasteiger partial charge in [0.1, 0.15) is 5.75 Å². The van der Waals surface area contributed by atoms with Gasteiger partial charge in [0, 0.05) is 83.7 Å². The molecule has 11 atom stereocenters. The molecule has 51 heavy (non-hydrogen) atoms. The van der Waals surface area contributed by atoms with Crippen LogP contribution in [0.4, 0.5) is 5.69 Å². The molecule has 9 aliphatic rings. The molecule has 1 aromatic heterocycles. The van der Waals surface area contributed by atoms with E-state index in [4.69, 9.17) is 18.9 Å². The molecule has 268 valence electrons. The maximum absolute atomic E-state index is 14.1. The first kappa shape index (κ1) is 30.4. The lowest BCUT2D eigenvalue weighted by Gasteiger charge is -2.66. The van der Waals surface area contributed by atoms with Crippen LogP contribution in [0.5, 0.6) is 5.75 Å². The average molecular weight is 691 g/mol. The molecule has 2 aromatic carbocycles. The number of carbonyl (C=O) groups excluding carboxylic acids is 1. The van der Waals surface area contributed by atoms with Crippen LogP contribution in [0.25, 0.3) is 10.9 Å². The van der Waals surface area contributed by atoms with E-state index in [9.17, 15) is 4.79 Å². The monoisotopic (exact) mass is 690 g/mol. The summed E-state index contributed by atoms with van der Waals surface area (Å²) >= 11 is 0. The van der Waals surface area contributed by atoms with Crippen molar-refractivity contribution in [1.82, 2.24) is 14.8 Å². The topological polar surface area (TPSA) is 88.3 Å². The van der Waals surface area contributed by atoms with Gasteiger partial charge in [-0.3, -0.25) is 9.69 Å². The fraction of sp³-hybridized carbons (Fsp3) is 0.643. The molecule has 7 aliphatic heterocycles. The van der Waals surface area contributed by atoms with Gasteiger partial charge in [-0.1, -0.05) is 30.3 Å². The van der Waals surface area contributed by atoms with Crippen molar-refractivity contribution in [3.05, 3.63) is 59.3 Å². The Morgan fingerprint density at radius 3 is 2.75 bits per heavy atom. The number of piperidine rings is 3. The summed E-state index contributed by atoms with van der Waals surface area (Å²) in [6.45, 7) is 6.82. The first-order chi connectivity index (χ1) is 24.9. The van der Waals surface area contributed by atoms with Crippen molar-refractivity contribution in [2.45, 2.75) is 86.5 Å². The highest BCUT2D eigenvalue weighted by Gasteiger charge is 2.88. The van der Waals surface area contributed by atoms with E-state index in [1.807, 2.05) is 7.11 Å². The zero-order chi connectivity index (χ0) is 34.0. The van der Waals surface area contributed by atoms with Gasteiger partial charge in [0.25, 0.3) is 0 Å². The maximum atomic E-state index is 14.1. The molecule has 9 heteroatoms. The van der Waals surface area contributed by atoms with Crippen molar-refractivity contribution in [3.8, 4) is 5.75 Å². The zero-order valence-corrected chi connectivity index (χ0v) is 30.0. The number of methoxy groups -OCH3 is 2. The number of nitrogens with zero attached hydrogens (tertiary/aromatic N) is 2. The molecule has 2 saturated carbocycles. The van der Waals surface area contributed by atoms with Crippen LogP contribution in [0.15, 0.2) is 42.5 Å². The van der Waals surface area contributed by atoms with Crippen LogP contribution in [0.2, 0.25) is 0 Å². The quantitative estimate of drug-likeness (QED) is 0.354. The molecule has 2 aliphatic carbocycles. The summed E-state index contributed by atoms with van der Waals surface area (Å²) in [5.41, 5.74) is 5.76. The summed E-state index contributed by atoms with van der Waals surface area (Å²) < 4.78 is 25.9. The SMILES string of the molecule is COC(=O)[C@@H]1C[C@@]23CCO[C@H]2[C@@]2(C[C@@H]4C[C@]56CCO[C@H]5CCN5CC[C@]27c2cccc(OC)c2N[C@]47[C@@H]56)CN(CCc2c1[nH]c1ccccc21)C3.